The molecule has 0 rings (SSSR count). The zero-order chi connectivity index (χ0) is 11.5. The standard InChI is InChI=1S/C11H24N3O/c1-3-13-10(2)8-6-4-5-7-9-11(15)14-12/h10,13H,1,3-9,12H2,2H3,(H,14,15). The van der Waals surface area contributed by atoms with Crippen LogP contribution in [0.15, 0.2) is 0 Å². The maximum atomic E-state index is 10.8. The molecule has 1 radical (unpaired) electrons. The lowest BCUT2D eigenvalue weighted by molar-refractivity contribution is -0.121. The summed E-state index contributed by atoms with van der Waals surface area (Å²) in [5.74, 6) is 4.90. The first-order valence-corrected chi connectivity index (χ1v) is 5.72. The van der Waals surface area contributed by atoms with Crippen molar-refractivity contribution >= 4 is 5.91 Å². The highest BCUT2D eigenvalue weighted by atomic mass is 16.2. The number of carbonyl (C=O) groups is 1. The first-order chi connectivity index (χ1) is 7.20. The van der Waals surface area contributed by atoms with Gasteiger partial charge in [-0.1, -0.05) is 19.3 Å². The molecule has 1 atom stereocenters. The van der Waals surface area contributed by atoms with Crippen LogP contribution in [0.4, 0.5) is 0 Å². The zero-order valence-electron chi connectivity index (χ0n) is 9.72. The minimum Gasteiger partial charge on any atom is -0.314 e. The highest BCUT2D eigenvalue weighted by molar-refractivity contribution is 5.74. The average Bonchev–Trinajstić information content (AvgIpc) is 2.23. The van der Waals surface area contributed by atoms with Crippen molar-refractivity contribution in [3.63, 3.8) is 0 Å². The summed E-state index contributed by atoms with van der Waals surface area (Å²) in [6.45, 7) is 6.71. The summed E-state index contributed by atoms with van der Waals surface area (Å²) in [6, 6.07) is 0.551. The lowest BCUT2D eigenvalue weighted by Crippen LogP contribution is -2.29. The van der Waals surface area contributed by atoms with E-state index in [1.807, 2.05) is 0 Å². The van der Waals surface area contributed by atoms with Gasteiger partial charge < -0.3 is 5.32 Å². The van der Waals surface area contributed by atoms with E-state index in [-0.39, 0.29) is 5.91 Å². The van der Waals surface area contributed by atoms with Crippen LogP contribution in [0, 0.1) is 6.92 Å². The number of amides is 1. The third-order valence-corrected chi connectivity index (χ3v) is 2.44. The van der Waals surface area contributed by atoms with E-state index < -0.39 is 0 Å². The summed E-state index contributed by atoms with van der Waals surface area (Å²) in [6.07, 6.45) is 6.14. The molecule has 0 aliphatic carbocycles. The van der Waals surface area contributed by atoms with Crippen LogP contribution in [0.2, 0.25) is 0 Å². The van der Waals surface area contributed by atoms with Gasteiger partial charge in [-0.05, 0) is 33.2 Å². The van der Waals surface area contributed by atoms with Crippen LogP contribution in [-0.2, 0) is 4.79 Å². The van der Waals surface area contributed by atoms with Gasteiger partial charge in [-0.25, -0.2) is 5.84 Å². The van der Waals surface area contributed by atoms with E-state index in [1.165, 1.54) is 19.3 Å². The number of nitrogens with one attached hydrogen (secondary N) is 2. The van der Waals surface area contributed by atoms with Crippen LogP contribution >= 0.6 is 0 Å². The van der Waals surface area contributed by atoms with Gasteiger partial charge in [0, 0.05) is 12.5 Å². The molecule has 0 aliphatic heterocycles. The zero-order valence-corrected chi connectivity index (χ0v) is 9.72. The second-order valence-corrected chi connectivity index (χ2v) is 3.88. The second kappa shape index (κ2) is 9.93. The lowest BCUT2D eigenvalue weighted by atomic mass is 10.1. The molecule has 0 bridgehead atoms. The van der Waals surface area contributed by atoms with Gasteiger partial charge in [-0.2, -0.15) is 0 Å². The highest BCUT2D eigenvalue weighted by Gasteiger charge is 2.00. The van der Waals surface area contributed by atoms with Gasteiger partial charge in [-0.3, -0.25) is 10.2 Å². The summed E-state index contributed by atoms with van der Waals surface area (Å²) in [4.78, 5) is 10.8. The highest BCUT2D eigenvalue weighted by Crippen LogP contribution is 2.07. The molecule has 1 amide bonds. The van der Waals surface area contributed by atoms with Crippen molar-refractivity contribution in [1.82, 2.24) is 10.7 Å². The number of hydrogen-bond acceptors (Lipinski definition) is 3. The molecule has 0 saturated heterocycles. The number of hydrazine groups is 1. The number of nitrogens with two attached hydrogens (primary N) is 1. The summed E-state index contributed by atoms with van der Waals surface area (Å²) in [5.41, 5.74) is 2.13. The Labute approximate surface area is 93.0 Å². The Morgan fingerprint density at radius 2 is 2.00 bits per heavy atom. The fourth-order valence-electron chi connectivity index (χ4n) is 1.51. The smallest absolute Gasteiger partial charge is 0.233 e. The Morgan fingerprint density at radius 3 is 2.60 bits per heavy atom. The molecular weight excluding hydrogens is 190 g/mol. The van der Waals surface area contributed by atoms with Crippen LogP contribution in [-0.4, -0.2) is 18.5 Å². The molecule has 1 unspecified atom stereocenters. The first-order valence-electron chi connectivity index (χ1n) is 5.72. The van der Waals surface area contributed by atoms with Gasteiger partial charge in [0.25, 0.3) is 0 Å². The van der Waals surface area contributed by atoms with E-state index in [1.54, 1.807) is 0 Å². The molecule has 0 saturated carbocycles. The normalized spacial score (nSPS) is 12.5. The third-order valence-electron chi connectivity index (χ3n) is 2.44. The number of unbranched alkanes of at least 4 members (excludes halogenated alkanes) is 3. The Hall–Kier alpha value is -0.610. The van der Waals surface area contributed by atoms with Crippen molar-refractivity contribution in [2.45, 2.75) is 51.5 Å². The molecule has 0 heterocycles. The molecule has 0 spiro atoms. The maximum Gasteiger partial charge on any atom is 0.233 e. The predicted octanol–water partition coefficient (Wildman–Crippen LogP) is 1.13. The van der Waals surface area contributed by atoms with Crippen molar-refractivity contribution in [3.05, 3.63) is 6.92 Å². The molecule has 0 aromatic carbocycles. The van der Waals surface area contributed by atoms with Gasteiger partial charge in [0.05, 0.1) is 0 Å². The molecule has 0 aromatic rings. The third kappa shape index (κ3) is 9.69. The minimum atomic E-state index is -0.0675. The quantitative estimate of drug-likeness (QED) is 0.233. The molecular formula is C11H24N3O. The topological polar surface area (TPSA) is 67.2 Å². The first kappa shape index (κ1) is 14.4. The summed E-state index contributed by atoms with van der Waals surface area (Å²) < 4.78 is 0. The second-order valence-electron chi connectivity index (χ2n) is 3.88. The van der Waals surface area contributed by atoms with E-state index in [4.69, 9.17) is 5.84 Å². The monoisotopic (exact) mass is 214 g/mol. The van der Waals surface area contributed by atoms with Gasteiger partial charge >= 0.3 is 0 Å². The summed E-state index contributed by atoms with van der Waals surface area (Å²) in [7, 11) is 0. The maximum absolute atomic E-state index is 10.8. The Bertz CT molecular complexity index is 162. The molecule has 0 aromatic heterocycles. The van der Waals surface area contributed by atoms with Crippen molar-refractivity contribution in [1.29, 1.82) is 0 Å². The van der Waals surface area contributed by atoms with Crippen LogP contribution < -0.4 is 16.6 Å². The number of rotatable bonds is 9. The molecule has 15 heavy (non-hydrogen) atoms. The Kier molecular flexibility index (Phi) is 9.52. The molecule has 0 fully saturated rings. The molecule has 4 nitrogen and oxygen atoms in total. The van der Waals surface area contributed by atoms with Gasteiger partial charge in [-0.15, -0.1) is 0 Å². The van der Waals surface area contributed by atoms with Gasteiger partial charge in [0.2, 0.25) is 5.91 Å². The molecule has 89 valence electrons. The van der Waals surface area contributed by atoms with E-state index >= 15 is 0 Å². The average molecular weight is 214 g/mol. The van der Waals surface area contributed by atoms with Gasteiger partial charge in [0.1, 0.15) is 0 Å². The SMILES string of the molecule is [CH2]CNC(C)CCCCCCC(=O)NN. The predicted molar refractivity (Wildman–Crippen MR) is 62.9 cm³/mol. The van der Waals surface area contributed by atoms with E-state index in [9.17, 15) is 4.79 Å². The molecule has 4 heteroatoms. The van der Waals surface area contributed by atoms with Crippen molar-refractivity contribution in [2.24, 2.45) is 5.84 Å². The van der Waals surface area contributed by atoms with Crippen LogP contribution in [0.25, 0.3) is 0 Å². The van der Waals surface area contributed by atoms with E-state index in [0.29, 0.717) is 12.5 Å². The van der Waals surface area contributed by atoms with Crippen molar-refractivity contribution < 1.29 is 4.79 Å². The van der Waals surface area contributed by atoms with Crippen LogP contribution in [0.5, 0.6) is 0 Å². The number of carbonyl (C=O) groups excluding carboxylic acids is 1. The minimum absolute atomic E-state index is 0.0675. The van der Waals surface area contributed by atoms with Crippen molar-refractivity contribution in [2.75, 3.05) is 6.54 Å². The largest absolute Gasteiger partial charge is 0.314 e. The molecule has 0 aliphatic rings. The summed E-state index contributed by atoms with van der Waals surface area (Å²) >= 11 is 0. The lowest BCUT2D eigenvalue weighted by Gasteiger charge is -2.11. The molecule has 4 N–H and O–H groups in total. The van der Waals surface area contributed by atoms with Crippen molar-refractivity contribution in [3.8, 4) is 0 Å². The van der Waals surface area contributed by atoms with Crippen LogP contribution in [0.1, 0.15) is 45.4 Å². The van der Waals surface area contributed by atoms with Gasteiger partial charge in [0.15, 0.2) is 0 Å². The van der Waals surface area contributed by atoms with Crippen LogP contribution in [0.3, 0.4) is 0 Å². The summed E-state index contributed by atoms with van der Waals surface area (Å²) in [5, 5.41) is 3.27. The fourth-order valence-corrected chi connectivity index (χ4v) is 1.51. The Balaban J connectivity index is 3.14. The number of hydrogen-bond donors (Lipinski definition) is 3. The Morgan fingerprint density at radius 1 is 1.33 bits per heavy atom. The van der Waals surface area contributed by atoms with E-state index in [0.717, 1.165) is 19.4 Å². The fraction of sp³-hybridized carbons (Fsp3) is 0.818. The van der Waals surface area contributed by atoms with E-state index in [2.05, 4.69) is 24.6 Å².